The van der Waals surface area contributed by atoms with Gasteiger partial charge in [0.25, 0.3) is 5.91 Å². The number of amidine groups is 1. The number of nitrogens with zero attached hydrogens (tertiary/aromatic N) is 2. The summed E-state index contributed by atoms with van der Waals surface area (Å²) in [6.07, 6.45) is 1.77. The number of carbonyl (C=O) groups excluding carboxylic acids is 1. The fraction of sp³-hybridized carbons (Fsp3) is 0.105. The van der Waals surface area contributed by atoms with Gasteiger partial charge in [-0.25, -0.2) is 4.99 Å². The Morgan fingerprint density at radius 1 is 0.688 bits per heavy atom. The van der Waals surface area contributed by atoms with Gasteiger partial charge in [-0.15, -0.1) is 0 Å². The van der Waals surface area contributed by atoms with E-state index in [1.807, 2.05) is 55.5 Å². The summed E-state index contributed by atoms with van der Waals surface area (Å²) < 4.78 is 18.2. The summed E-state index contributed by atoms with van der Waals surface area (Å²) in [6.45, 7) is 3.10. The Balaban J connectivity index is 1.25. The van der Waals surface area contributed by atoms with Gasteiger partial charge in [-0.3, -0.25) is 9.69 Å². The standard InChI is InChI=1S/C38H29Cl3N2O4S/c1-2-45-35-20-26(8-18-34(35)47-23-25-6-4-3-5-7-25)24-46-33-19-13-30(41)21-27(33)22-36-37(44)43(32-16-11-29(40)12-17-32)38(48-36)42-31-14-9-28(39)10-15-31/h3-22H,2,23-24H2,1H3/b36-22+,42-38?. The molecule has 242 valence electrons. The molecule has 6 rings (SSSR count). The maximum absolute atomic E-state index is 13.9. The summed E-state index contributed by atoms with van der Waals surface area (Å²) in [5.74, 6) is 1.60. The minimum absolute atomic E-state index is 0.242. The highest BCUT2D eigenvalue weighted by Crippen LogP contribution is 2.39. The molecule has 0 atom stereocenters. The lowest BCUT2D eigenvalue weighted by Crippen LogP contribution is -2.28. The molecule has 0 aliphatic carbocycles. The van der Waals surface area contributed by atoms with Crippen molar-refractivity contribution in [1.29, 1.82) is 0 Å². The number of thioether (sulfide) groups is 1. The van der Waals surface area contributed by atoms with E-state index in [1.165, 1.54) is 11.8 Å². The number of carbonyl (C=O) groups is 1. The van der Waals surface area contributed by atoms with Crippen molar-refractivity contribution in [3.63, 3.8) is 0 Å². The zero-order chi connectivity index (χ0) is 33.5. The van der Waals surface area contributed by atoms with Crippen LogP contribution in [-0.4, -0.2) is 17.7 Å². The lowest BCUT2D eigenvalue weighted by atomic mass is 10.1. The van der Waals surface area contributed by atoms with Crippen LogP contribution >= 0.6 is 46.6 Å². The maximum Gasteiger partial charge on any atom is 0.271 e. The molecule has 48 heavy (non-hydrogen) atoms. The van der Waals surface area contributed by atoms with Crippen molar-refractivity contribution in [3.8, 4) is 17.2 Å². The van der Waals surface area contributed by atoms with Gasteiger partial charge < -0.3 is 14.2 Å². The fourth-order valence-electron chi connectivity index (χ4n) is 4.82. The fourth-order valence-corrected chi connectivity index (χ4v) is 6.25. The second-order valence-corrected chi connectivity index (χ2v) is 12.9. The van der Waals surface area contributed by atoms with Gasteiger partial charge in [-0.05, 0) is 115 Å². The first-order valence-electron chi connectivity index (χ1n) is 15.0. The first kappa shape index (κ1) is 33.5. The van der Waals surface area contributed by atoms with Crippen molar-refractivity contribution >= 4 is 75.1 Å². The van der Waals surface area contributed by atoms with Crippen LogP contribution in [0.1, 0.15) is 23.6 Å². The molecule has 1 aliphatic rings. The van der Waals surface area contributed by atoms with E-state index >= 15 is 0 Å². The average molecular weight is 716 g/mol. The molecule has 0 bridgehead atoms. The number of anilines is 1. The Kier molecular flexibility index (Phi) is 10.9. The van der Waals surface area contributed by atoms with E-state index in [0.717, 1.165) is 11.1 Å². The predicted octanol–water partition coefficient (Wildman–Crippen LogP) is 11.0. The topological polar surface area (TPSA) is 60.4 Å². The number of hydrogen-bond acceptors (Lipinski definition) is 6. The summed E-state index contributed by atoms with van der Waals surface area (Å²) in [4.78, 5) is 20.7. The zero-order valence-corrected chi connectivity index (χ0v) is 28.8. The monoisotopic (exact) mass is 714 g/mol. The van der Waals surface area contributed by atoms with Crippen molar-refractivity contribution in [2.45, 2.75) is 20.1 Å². The lowest BCUT2D eigenvalue weighted by Gasteiger charge is -2.16. The summed E-state index contributed by atoms with van der Waals surface area (Å²) in [7, 11) is 0. The average Bonchev–Trinajstić information content (AvgIpc) is 3.39. The van der Waals surface area contributed by atoms with Crippen molar-refractivity contribution in [1.82, 2.24) is 0 Å². The van der Waals surface area contributed by atoms with Gasteiger partial charge >= 0.3 is 0 Å². The second-order valence-electron chi connectivity index (χ2n) is 10.6. The normalized spacial score (nSPS) is 14.5. The van der Waals surface area contributed by atoms with Crippen LogP contribution in [0.4, 0.5) is 11.4 Å². The molecule has 0 aromatic heterocycles. The van der Waals surface area contributed by atoms with E-state index in [-0.39, 0.29) is 12.5 Å². The van der Waals surface area contributed by atoms with Crippen LogP contribution in [0.15, 0.2) is 125 Å². The SMILES string of the molecule is CCOc1cc(COc2ccc(Cl)cc2/C=C2/SC(=Nc3ccc(Cl)cc3)N(c3ccc(Cl)cc3)C2=O)ccc1OCc1ccccc1. The van der Waals surface area contributed by atoms with E-state index in [2.05, 4.69) is 0 Å². The minimum Gasteiger partial charge on any atom is -0.490 e. The lowest BCUT2D eigenvalue weighted by molar-refractivity contribution is -0.113. The van der Waals surface area contributed by atoms with Crippen LogP contribution < -0.4 is 19.1 Å². The van der Waals surface area contributed by atoms with Crippen LogP contribution in [0.5, 0.6) is 17.2 Å². The van der Waals surface area contributed by atoms with E-state index in [4.69, 9.17) is 54.0 Å². The number of amides is 1. The van der Waals surface area contributed by atoms with Gasteiger partial charge in [0.15, 0.2) is 16.7 Å². The number of ether oxygens (including phenoxy) is 3. The molecule has 0 unspecified atom stereocenters. The van der Waals surface area contributed by atoms with Crippen LogP contribution in [-0.2, 0) is 18.0 Å². The maximum atomic E-state index is 13.9. The number of halogens is 3. The zero-order valence-electron chi connectivity index (χ0n) is 25.7. The number of aliphatic imine (C=N–C) groups is 1. The smallest absolute Gasteiger partial charge is 0.271 e. The van der Waals surface area contributed by atoms with Crippen LogP contribution in [0.2, 0.25) is 15.1 Å². The van der Waals surface area contributed by atoms with Crippen molar-refractivity contribution in [2.75, 3.05) is 11.5 Å². The van der Waals surface area contributed by atoms with Gasteiger partial charge in [-0.2, -0.15) is 0 Å². The Bertz CT molecular complexity index is 1970. The molecule has 1 heterocycles. The predicted molar refractivity (Wildman–Crippen MR) is 197 cm³/mol. The molecule has 1 fully saturated rings. The van der Waals surface area contributed by atoms with Gasteiger partial charge in [0.2, 0.25) is 0 Å². The van der Waals surface area contributed by atoms with Crippen LogP contribution in [0.3, 0.4) is 0 Å². The highest BCUT2D eigenvalue weighted by atomic mass is 35.5. The molecule has 0 N–H and O–H groups in total. The van der Waals surface area contributed by atoms with Gasteiger partial charge in [0.05, 0.1) is 22.9 Å². The molecule has 5 aromatic rings. The van der Waals surface area contributed by atoms with Crippen molar-refractivity contribution < 1.29 is 19.0 Å². The molecular formula is C38H29Cl3N2O4S. The van der Waals surface area contributed by atoms with Crippen LogP contribution in [0, 0.1) is 0 Å². The second kappa shape index (κ2) is 15.7. The highest BCUT2D eigenvalue weighted by Gasteiger charge is 2.35. The van der Waals surface area contributed by atoms with Gasteiger partial charge in [0, 0.05) is 20.6 Å². The molecule has 1 saturated heterocycles. The molecule has 1 aliphatic heterocycles. The summed E-state index contributed by atoms with van der Waals surface area (Å²) in [5.41, 5.74) is 3.89. The Hall–Kier alpha value is -4.40. The number of hydrogen-bond donors (Lipinski definition) is 0. The molecule has 0 saturated carbocycles. The quantitative estimate of drug-likeness (QED) is 0.127. The third kappa shape index (κ3) is 8.35. The van der Waals surface area contributed by atoms with Crippen molar-refractivity contribution in [3.05, 3.63) is 152 Å². The summed E-state index contributed by atoms with van der Waals surface area (Å²) in [6, 6.07) is 35.2. The molecule has 6 nitrogen and oxygen atoms in total. The molecule has 1 amide bonds. The molecule has 5 aromatic carbocycles. The summed E-state index contributed by atoms with van der Waals surface area (Å²) in [5, 5.41) is 2.15. The van der Waals surface area contributed by atoms with Crippen LogP contribution in [0.25, 0.3) is 6.08 Å². The first-order valence-corrected chi connectivity index (χ1v) is 17.0. The van der Waals surface area contributed by atoms with E-state index in [0.29, 0.717) is 72.5 Å². The van der Waals surface area contributed by atoms with Gasteiger partial charge in [-0.1, -0.05) is 71.2 Å². The Morgan fingerprint density at radius 2 is 1.33 bits per heavy atom. The number of rotatable bonds is 11. The Labute approximate surface area is 298 Å². The van der Waals surface area contributed by atoms with E-state index < -0.39 is 0 Å². The molecule has 10 heteroatoms. The third-order valence-electron chi connectivity index (χ3n) is 7.14. The van der Waals surface area contributed by atoms with Gasteiger partial charge in [0.1, 0.15) is 19.0 Å². The summed E-state index contributed by atoms with van der Waals surface area (Å²) >= 11 is 19.9. The molecule has 0 spiro atoms. The third-order valence-corrected chi connectivity index (χ3v) is 8.85. The largest absolute Gasteiger partial charge is 0.490 e. The van der Waals surface area contributed by atoms with Crippen molar-refractivity contribution in [2.24, 2.45) is 4.99 Å². The Morgan fingerprint density at radius 3 is 2.06 bits per heavy atom. The van der Waals surface area contributed by atoms with E-state index in [9.17, 15) is 4.79 Å². The molecule has 0 radical (unpaired) electrons. The molecular weight excluding hydrogens is 687 g/mol. The first-order chi connectivity index (χ1) is 23.4. The number of benzene rings is 5. The van der Waals surface area contributed by atoms with E-state index in [1.54, 1.807) is 77.7 Å². The minimum atomic E-state index is -0.242. The highest BCUT2D eigenvalue weighted by molar-refractivity contribution is 8.19.